The first-order chi connectivity index (χ1) is 12.2. The number of nitrogens with one attached hydrogen (secondary N) is 2. The number of carbonyl (C=O) groups is 1. The van der Waals surface area contributed by atoms with Crippen LogP contribution in [0.25, 0.3) is 0 Å². The summed E-state index contributed by atoms with van der Waals surface area (Å²) in [4.78, 5) is 16.9. The highest BCUT2D eigenvalue weighted by Crippen LogP contribution is 2.21. The van der Waals surface area contributed by atoms with Crippen LogP contribution in [0.5, 0.6) is 0 Å². The lowest BCUT2D eigenvalue weighted by Crippen LogP contribution is -2.26. The van der Waals surface area contributed by atoms with Gasteiger partial charge in [0.2, 0.25) is 0 Å². The van der Waals surface area contributed by atoms with Gasteiger partial charge in [-0.05, 0) is 42.7 Å². The Labute approximate surface area is 147 Å². The van der Waals surface area contributed by atoms with Gasteiger partial charge in [-0.25, -0.2) is 4.98 Å². The highest BCUT2D eigenvalue weighted by Gasteiger charge is 2.12. The van der Waals surface area contributed by atoms with Gasteiger partial charge in [-0.3, -0.25) is 4.79 Å². The number of aromatic nitrogens is 1. The Hall–Kier alpha value is -3.14. The predicted molar refractivity (Wildman–Crippen MR) is 101 cm³/mol. The minimum absolute atomic E-state index is 0.125. The van der Waals surface area contributed by atoms with Gasteiger partial charge < -0.3 is 10.6 Å². The van der Waals surface area contributed by atoms with Crippen LogP contribution in [0.1, 0.15) is 21.5 Å². The van der Waals surface area contributed by atoms with E-state index in [2.05, 4.69) is 27.8 Å². The molecule has 0 unspecified atom stereocenters. The van der Waals surface area contributed by atoms with Gasteiger partial charge in [-0.15, -0.1) is 0 Å². The fraction of sp³-hybridized carbons (Fsp3) is 0.143. The number of amides is 1. The Morgan fingerprint density at radius 1 is 0.960 bits per heavy atom. The number of hydrogen-bond donors (Lipinski definition) is 2. The summed E-state index contributed by atoms with van der Waals surface area (Å²) < 4.78 is 0. The molecule has 2 aromatic carbocycles. The smallest absolute Gasteiger partial charge is 0.255 e. The molecule has 0 radical (unpaired) electrons. The lowest BCUT2D eigenvalue weighted by molar-refractivity contribution is 0.0954. The number of anilines is 2. The summed E-state index contributed by atoms with van der Waals surface area (Å²) in [5, 5.41) is 6.23. The predicted octanol–water partition coefficient (Wildman–Crippen LogP) is 4.11. The highest BCUT2D eigenvalue weighted by molar-refractivity contribution is 5.99. The molecule has 0 aliphatic heterocycles. The first-order valence-electron chi connectivity index (χ1n) is 8.34. The molecule has 0 fully saturated rings. The maximum absolute atomic E-state index is 12.5. The third-order valence-electron chi connectivity index (χ3n) is 3.99. The second kappa shape index (κ2) is 8.11. The lowest BCUT2D eigenvalue weighted by Gasteiger charge is -2.12. The lowest BCUT2D eigenvalue weighted by atomic mass is 10.1. The number of pyridine rings is 1. The summed E-state index contributed by atoms with van der Waals surface area (Å²) in [7, 11) is 0. The fourth-order valence-electron chi connectivity index (χ4n) is 2.59. The van der Waals surface area contributed by atoms with Gasteiger partial charge in [0.25, 0.3) is 5.91 Å². The van der Waals surface area contributed by atoms with E-state index in [0.29, 0.717) is 17.9 Å². The third kappa shape index (κ3) is 4.44. The van der Waals surface area contributed by atoms with Crippen LogP contribution in [0.2, 0.25) is 0 Å². The van der Waals surface area contributed by atoms with Crippen molar-refractivity contribution < 1.29 is 4.79 Å². The van der Waals surface area contributed by atoms with Crippen LogP contribution in [0, 0.1) is 6.92 Å². The molecule has 0 atom stereocenters. The van der Waals surface area contributed by atoms with Crippen molar-refractivity contribution in [2.45, 2.75) is 13.3 Å². The summed E-state index contributed by atoms with van der Waals surface area (Å²) in [5.74, 6) is 0.439. The van der Waals surface area contributed by atoms with Crippen LogP contribution in [0.15, 0.2) is 72.9 Å². The average Bonchev–Trinajstić information content (AvgIpc) is 2.65. The van der Waals surface area contributed by atoms with Crippen LogP contribution < -0.4 is 10.6 Å². The normalized spacial score (nSPS) is 10.3. The van der Waals surface area contributed by atoms with Crippen molar-refractivity contribution in [1.29, 1.82) is 0 Å². The Morgan fingerprint density at radius 2 is 1.72 bits per heavy atom. The van der Waals surface area contributed by atoms with Crippen LogP contribution >= 0.6 is 0 Å². The molecule has 25 heavy (non-hydrogen) atoms. The summed E-state index contributed by atoms with van der Waals surface area (Å²) in [6.45, 7) is 2.60. The molecule has 0 saturated carbocycles. The Kier molecular flexibility index (Phi) is 5.42. The quantitative estimate of drug-likeness (QED) is 0.715. The molecule has 0 bridgehead atoms. The first-order valence-corrected chi connectivity index (χ1v) is 8.34. The van der Waals surface area contributed by atoms with Crippen LogP contribution in [-0.2, 0) is 6.42 Å². The summed E-state index contributed by atoms with van der Waals surface area (Å²) in [5.41, 5.74) is 3.79. The fourth-order valence-corrected chi connectivity index (χ4v) is 2.59. The molecule has 3 aromatic rings. The van der Waals surface area contributed by atoms with Gasteiger partial charge in [0, 0.05) is 18.4 Å². The van der Waals surface area contributed by atoms with E-state index in [9.17, 15) is 4.79 Å². The third-order valence-corrected chi connectivity index (χ3v) is 3.99. The molecule has 4 nitrogen and oxygen atoms in total. The molecule has 0 aliphatic rings. The molecule has 2 N–H and O–H groups in total. The van der Waals surface area contributed by atoms with Gasteiger partial charge >= 0.3 is 0 Å². The number of carbonyl (C=O) groups excluding carboxylic acids is 1. The Bertz CT molecular complexity index is 847. The first kappa shape index (κ1) is 16.7. The van der Waals surface area contributed by atoms with E-state index in [1.807, 2.05) is 49.4 Å². The minimum atomic E-state index is -0.125. The molecular formula is C21H21N3O. The van der Waals surface area contributed by atoms with Crippen molar-refractivity contribution in [3.8, 4) is 0 Å². The molecule has 0 aliphatic carbocycles. The second-order valence-electron chi connectivity index (χ2n) is 5.83. The molecular weight excluding hydrogens is 310 g/mol. The number of para-hydroxylation sites is 1. The standard InChI is InChI=1S/C21H21N3O/c1-16-8-5-6-12-19(16)24-20-18(11-7-14-22-20)21(25)23-15-13-17-9-3-2-4-10-17/h2-12,14H,13,15H2,1H3,(H,22,24)(H,23,25). The molecule has 126 valence electrons. The molecule has 1 aromatic heterocycles. The van der Waals surface area contributed by atoms with E-state index in [4.69, 9.17) is 0 Å². The van der Waals surface area contributed by atoms with Crippen LogP contribution in [0.3, 0.4) is 0 Å². The van der Waals surface area contributed by atoms with Gasteiger partial charge in [-0.1, -0.05) is 48.5 Å². The molecule has 4 heteroatoms. The Balaban J connectivity index is 1.67. The van der Waals surface area contributed by atoms with Gasteiger partial charge in [-0.2, -0.15) is 0 Å². The van der Waals surface area contributed by atoms with Crippen molar-refractivity contribution in [3.05, 3.63) is 89.6 Å². The van der Waals surface area contributed by atoms with E-state index >= 15 is 0 Å². The highest BCUT2D eigenvalue weighted by atomic mass is 16.1. The van der Waals surface area contributed by atoms with Gasteiger partial charge in [0.15, 0.2) is 0 Å². The maximum Gasteiger partial charge on any atom is 0.255 e. The van der Waals surface area contributed by atoms with E-state index < -0.39 is 0 Å². The van der Waals surface area contributed by atoms with E-state index in [0.717, 1.165) is 17.7 Å². The molecule has 1 heterocycles. The average molecular weight is 331 g/mol. The molecule has 0 spiro atoms. The van der Waals surface area contributed by atoms with Gasteiger partial charge in [0.05, 0.1) is 5.56 Å². The summed E-state index contributed by atoms with van der Waals surface area (Å²) in [6, 6.07) is 21.6. The topological polar surface area (TPSA) is 54.0 Å². The van der Waals surface area contributed by atoms with Crippen molar-refractivity contribution in [3.63, 3.8) is 0 Å². The molecule has 3 rings (SSSR count). The largest absolute Gasteiger partial charge is 0.352 e. The SMILES string of the molecule is Cc1ccccc1Nc1ncccc1C(=O)NCCc1ccccc1. The Morgan fingerprint density at radius 3 is 2.52 bits per heavy atom. The van der Waals surface area contributed by atoms with Crippen LogP contribution in [0.4, 0.5) is 11.5 Å². The monoisotopic (exact) mass is 331 g/mol. The molecule has 1 amide bonds. The van der Waals surface area contributed by atoms with Gasteiger partial charge in [0.1, 0.15) is 5.82 Å². The summed E-state index contributed by atoms with van der Waals surface area (Å²) in [6.07, 6.45) is 2.48. The zero-order chi connectivity index (χ0) is 17.5. The van der Waals surface area contributed by atoms with Crippen molar-refractivity contribution in [2.75, 3.05) is 11.9 Å². The van der Waals surface area contributed by atoms with E-state index in [1.165, 1.54) is 5.56 Å². The minimum Gasteiger partial charge on any atom is -0.352 e. The number of hydrogen-bond acceptors (Lipinski definition) is 3. The summed E-state index contributed by atoms with van der Waals surface area (Å²) >= 11 is 0. The number of benzene rings is 2. The van der Waals surface area contributed by atoms with Crippen molar-refractivity contribution >= 4 is 17.4 Å². The maximum atomic E-state index is 12.5. The van der Waals surface area contributed by atoms with Crippen molar-refractivity contribution in [2.24, 2.45) is 0 Å². The van der Waals surface area contributed by atoms with E-state index in [-0.39, 0.29) is 5.91 Å². The number of rotatable bonds is 6. The van der Waals surface area contributed by atoms with Crippen molar-refractivity contribution in [1.82, 2.24) is 10.3 Å². The molecule has 0 saturated heterocycles. The second-order valence-corrected chi connectivity index (χ2v) is 5.83. The number of aryl methyl sites for hydroxylation is 1. The number of nitrogens with zero attached hydrogens (tertiary/aromatic N) is 1. The zero-order valence-electron chi connectivity index (χ0n) is 14.2. The zero-order valence-corrected chi connectivity index (χ0v) is 14.2. The van der Waals surface area contributed by atoms with Crippen LogP contribution in [-0.4, -0.2) is 17.4 Å². The van der Waals surface area contributed by atoms with E-state index in [1.54, 1.807) is 18.3 Å².